The highest BCUT2D eigenvalue weighted by Gasteiger charge is 2.47. The van der Waals surface area contributed by atoms with Gasteiger partial charge >= 0.3 is 0 Å². The Balaban J connectivity index is 1.94. The van der Waals surface area contributed by atoms with Crippen molar-refractivity contribution in [3.8, 4) is 0 Å². The number of hydrogen-bond donors (Lipinski definition) is 0. The normalized spacial score (nSPS) is 32.3. The Morgan fingerprint density at radius 2 is 1.95 bits per heavy atom. The maximum Gasteiger partial charge on any atom is 0.162 e. The van der Waals surface area contributed by atoms with Crippen molar-refractivity contribution >= 4 is 0 Å². The topological polar surface area (TPSA) is 30.7 Å². The van der Waals surface area contributed by atoms with Gasteiger partial charge in [-0.2, -0.15) is 5.10 Å². The van der Waals surface area contributed by atoms with E-state index in [9.17, 15) is 4.39 Å². The van der Waals surface area contributed by atoms with Crippen LogP contribution in [0.4, 0.5) is 4.39 Å². The molecule has 1 fully saturated rings. The maximum atomic E-state index is 14.3. The monoisotopic (exact) mass is 265 g/mol. The predicted octanol–water partition coefficient (Wildman–Crippen LogP) is 3.94. The molecule has 1 unspecified atom stereocenters. The van der Waals surface area contributed by atoms with Crippen LogP contribution in [0.15, 0.2) is 0 Å². The lowest BCUT2D eigenvalue weighted by molar-refractivity contribution is 0.142. The molecule has 0 bridgehead atoms. The van der Waals surface area contributed by atoms with Crippen molar-refractivity contribution in [2.75, 3.05) is 0 Å². The van der Waals surface area contributed by atoms with Gasteiger partial charge in [0.2, 0.25) is 0 Å². The maximum absolute atomic E-state index is 14.3. The van der Waals surface area contributed by atoms with Gasteiger partial charge in [-0.1, -0.05) is 32.6 Å². The fourth-order valence-corrected chi connectivity index (χ4v) is 3.88. The Hall–Kier alpha value is -0.930. The Kier molecular flexibility index (Phi) is 3.35. The number of rotatable bonds is 2. The summed E-state index contributed by atoms with van der Waals surface area (Å²) in [6, 6.07) is 0. The second kappa shape index (κ2) is 4.88. The zero-order valence-corrected chi connectivity index (χ0v) is 12.0. The van der Waals surface area contributed by atoms with Crippen LogP contribution >= 0.6 is 0 Å². The first-order valence-electron chi connectivity index (χ1n) is 7.75. The summed E-state index contributed by atoms with van der Waals surface area (Å²) in [7, 11) is 0. The predicted molar refractivity (Wildman–Crippen MR) is 72.7 cm³/mol. The number of aromatic nitrogens is 3. The smallest absolute Gasteiger partial charge is 0.162 e. The van der Waals surface area contributed by atoms with Crippen LogP contribution < -0.4 is 0 Å². The molecule has 3 nitrogen and oxygen atoms in total. The molecule has 0 radical (unpaired) electrons. The summed E-state index contributed by atoms with van der Waals surface area (Å²) in [5.74, 6) is 1.92. The molecule has 2 aliphatic rings. The van der Waals surface area contributed by atoms with Crippen molar-refractivity contribution in [2.24, 2.45) is 5.92 Å². The Morgan fingerprint density at radius 3 is 2.58 bits per heavy atom. The minimum atomic E-state index is -0.930. The molecule has 0 aromatic carbocycles. The highest BCUT2D eigenvalue weighted by atomic mass is 19.1. The van der Waals surface area contributed by atoms with E-state index in [1.807, 2.05) is 11.6 Å². The van der Waals surface area contributed by atoms with Crippen LogP contribution in [0.2, 0.25) is 0 Å². The first-order chi connectivity index (χ1) is 9.15. The van der Waals surface area contributed by atoms with Crippen LogP contribution in [0.1, 0.15) is 76.6 Å². The van der Waals surface area contributed by atoms with Crippen LogP contribution in [-0.2, 0) is 12.0 Å². The number of hydrogen-bond acceptors (Lipinski definition) is 2. The molecule has 0 amide bonds. The molecule has 106 valence electrons. The van der Waals surface area contributed by atoms with Gasteiger partial charge in [-0.25, -0.2) is 14.1 Å². The van der Waals surface area contributed by atoms with Gasteiger partial charge in [0, 0.05) is 12.8 Å². The minimum absolute atomic E-state index is 0.153. The molecule has 1 aliphatic carbocycles. The number of aryl methyl sites for hydroxylation is 1. The average Bonchev–Trinajstić information content (AvgIpc) is 2.78. The lowest BCUT2D eigenvalue weighted by Gasteiger charge is -2.34. The molecular formula is C15H24FN3. The summed E-state index contributed by atoms with van der Waals surface area (Å²) in [4.78, 5) is 4.38. The second-order valence-electron chi connectivity index (χ2n) is 6.37. The Labute approximate surface area is 114 Å². The summed E-state index contributed by atoms with van der Waals surface area (Å²) < 4.78 is 16.2. The van der Waals surface area contributed by atoms with E-state index < -0.39 is 6.17 Å². The zero-order chi connectivity index (χ0) is 13.5. The van der Waals surface area contributed by atoms with E-state index in [0.717, 1.165) is 12.2 Å². The van der Waals surface area contributed by atoms with E-state index in [1.54, 1.807) is 0 Å². The van der Waals surface area contributed by atoms with E-state index in [4.69, 9.17) is 0 Å². The molecule has 2 atom stereocenters. The van der Waals surface area contributed by atoms with Crippen molar-refractivity contribution in [3.05, 3.63) is 11.6 Å². The van der Waals surface area contributed by atoms with Crippen molar-refractivity contribution in [3.63, 3.8) is 0 Å². The summed E-state index contributed by atoms with van der Waals surface area (Å²) >= 11 is 0. The number of nitrogens with zero attached hydrogens (tertiary/aromatic N) is 3. The molecule has 0 spiro atoms. The first-order valence-corrected chi connectivity index (χ1v) is 7.75. The molecule has 1 aliphatic heterocycles. The quantitative estimate of drug-likeness (QED) is 0.758. The van der Waals surface area contributed by atoms with E-state index in [0.29, 0.717) is 18.2 Å². The zero-order valence-electron chi connectivity index (χ0n) is 12.0. The van der Waals surface area contributed by atoms with Gasteiger partial charge in [0.05, 0.1) is 5.54 Å². The summed E-state index contributed by atoms with van der Waals surface area (Å²) in [5, 5.41) is 4.58. The third-order valence-electron chi connectivity index (χ3n) is 5.08. The number of fused-ring (bicyclic) bond motifs is 1. The van der Waals surface area contributed by atoms with Gasteiger partial charge in [0.1, 0.15) is 0 Å². The molecule has 1 aromatic rings. The summed E-state index contributed by atoms with van der Waals surface area (Å²) in [6.45, 7) is 4.22. The molecular weight excluding hydrogens is 241 g/mol. The molecule has 2 heterocycles. The Bertz CT molecular complexity index is 448. The van der Waals surface area contributed by atoms with Crippen LogP contribution in [-0.4, -0.2) is 14.8 Å². The first kappa shape index (κ1) is 13.1. The molecule has 1 saturated carbocycles. The van der Waals surface area contributed by atoms with Gasteiger partial charge in [-0.05, 0) is 25.7 Å². The third kappa shape index (κ3) is 2.09. The lowest BCUT2D eigenvalue weighted by Crippen LogP contribution is -2.36. The van der Waals surface area contributed by atoms with E-state index in [-0.39, 0.29) is 5.54 Å². The fraction of sp³-hybridized carbons (Fsp3) is 0.867. The average molecular weight is 265 g/mol. The molecule has 0 N–H and O–H groups in total. The lowest BCUT2D eigenvalue weighted by atomic mass is 9.79. The van der Waals surface area contributed by atoms with E-state index in [2.05, 4.69) is 17.0 Å². The van der Waals surface area contributed by atoms with Gasteiger partial charge in [-0.15, -0.1) is 0 Å². The van der Waals surface area contributed by atoms with E-state index in [1.165, 1.54) is 38.5 Å². The van der Waals surface area contributed by atoms with E-state index >= 15 is 0 Å². The molecule has 4 heteroatoms. The third-order valence-corrected chi connectivity index (χ3v) is 5.08. The Morgan fingerprint density at radius 1 is 1.26 bits per heavy atom. The number of alkyl halides is 1. The molecule has 19 heavy (non-hydrogen) atoms. The van der Waals surface area contributed by atoms with Crippen LogP contribution in [0.25, 0.3) is 0 Å². The minimum Gasteiger partial charge on any atom is -0.241 e. The summed E-state index contributed by atoms with van der Waals surface area (Å²) in [6.07, 6.45) is 8.06. The van der Waals surface area contributed by atoms with Crippen molar-refractivity contribution in [1.82, 2.24) is 14.8 Å². The summed E-state index contributed by atoms with van der Waals surface area (Å²) in [5.41, 5.74) is -0.153. The van der Waals surface area contributed by atoms with Crippen LogP contribution in [0, 0.1) is 5.92 Å². The highest BCUT2D eigenvalue weighted by Crippen LogP contribution is 2.48. The molecule has 1 aromatic heterocycles. The second-order valence-corrected chi connectivity index (χ2v) is 6.37. The number of halogens is 1. The van der Waals surface area contributed by atoms with Crippen molar-refractivity contribution < 1.29 is 4.39 Å². The van der Waals surface area contributed by atoms with Gasteiger partial charge in [0.25, 0.3) is 0 Å². The van der Waals surface area contributed by atoms with Gasteiger partial charge in [-0.3, -0.25) is 0 Å². The molecule has 3 rings (SSSR count). The highest BCUT2D eigenvalue weighted by molar-refractivity contribution is 5.11. The molecule has 0 saturated heterocycles. The van der Waals surface area contributed by atoms with Crippen LogP contribution in [0.3, 0.4) is 0 Å². The standard InChI is InChI=1S/C15H24FN3/c1-3-13-17-14-12(16)10-15(2,19(14)18-13)11-8-6-4-5-7-9-11/h11-12H,3-10H2,1-2H3/t12-,15?/m0/s1. The largest absolute Gasteiger partial charge is 0.241 e. The van der Waals surface area contributed by atoms with Crippen molar-refractivity contribution in [1.29, 1.82) is 0 Å². The van der Waals surface area contributed by atoms with Crippen molar-refractivity contribution in [2.45, 2.75) is 76.9 Å². The van der Waals surface area contributed by atoms with Gasteiger partial charge in [0.15, 0.2) is 17.8 Å². The fourth-order valence-electron chi connectivity index (χ4n) is 3.88. The van der Waals surface area contributed by atoms with Gasteiger partial charge < -0.3 is 0 Å². The van der Waals surface area contributed by atoms with Crippen LogP contribution in [0.5, 0.6) is 0 Å². The SMILES string of the molecule is CCc1nc2n(n1)C(C)(C1CCCCCC1)C[C@@H]2F.